The maximum atomic E-state index is 12.7. The highest BCUT2D eigenvalue weighted by molar-refractivity contribution is 6.07. The van der Waals surface area contributed by atoms with Crippen LogP contribution in [0.1, 0.15) is 32.6 Å². The van der Waals surface area contributed by atoms with Crippen LogP contribution in [0.4, 0.5) is 0 Å². The number of ether oxygens (including phenoxy) is 1. The SMILES string of the molecule is CC(=O)N1CCN(C(=O)C2(C(=O)NCC3CCCO3)CC2)CC1. The predicted molar refractivity (Wildman–Crippen MR) is 82.5 cm³/mol. The third-order valence-corrected chi connectivity index (χ3v) is 5.12. The molecule has 2 aliphatic heterocycles. The van der Waals surface area contributed by atoms with Gasteiger partial charge in [0.05, 0.1) is 6.10 Å². The van der Waals surface area contributed by atoms with Crippen LogP contribution in [-0.2, 0) is 19.1 Å². The number of amides is 3. The van der Waals surface area contributed by atoms with Crippen molar-refractivity contribution < 1.29 is 19.1 Å². The lowest BCUT2D eigenvalue weighted by atomic mass is 10.0. The van der Waals surface area contributed by atoms with Gasteiger partial charge in [0.15, 0.2) is 0 Å². The zero-order chi connectivity index (χ0) is 16.4. The van der Waals surface area contributed by atoms with Gasteiger partial charge in [-0.05, 0) is 25.7 Å². The average molecular weight is 323 g/mol. The molecule has 3 aliphatic rings. The van der Waals surface area contributed by atoms with Gasteiger partial charge in [-0.3, -0.25) is 14.4 Å². The third kappa shape index (κ3) is 3.34. The largest absolute Gasteiger partial charge is 0.376 e. The Morgan fingerprint density at radius 3 is 2.30 bits per heavy atom. The van der Waals surface area contributed by atoms with Crippen LogP contribution in [0.25, 0.3) is 0 Å². The third-order valence-electron chi connectivity index (χ3n) is 5.12. The van der Waals surface area contributed by atoms with Crippen LogP contribution < -0.4 is 5.32 Å². The summed E-state index contributed by atoms with van der Waals surface area (Å²) in [6, 6.07) is 0. The van der Waals surface area contributed by atoms with Crippen LogP contribution in [0.15, 0.2) is 0 Å². The van der Waals surface area contributed by atoms with Crippen LogP contribution >= 0.6 is 0 Å². The Labute approximate surface area is 136 Å². The molecule has 0 radical (unpaired) electrons. The van der Waals surface area contributed by atoms with Crippen LogP contribution in [0.3, 0.4) is 0 Å². The molecule has 0 aromatic carbocycles. The fraction of sp³-hybridized carbons (Fsp3) is 0.812. The minimum absolute atomic E-state index is 0.0348. The highest BCUT2D eigenvalue weighted by Gasteiger charge is 2.58. The first-order valence-electron chi connectivity index (χ1n) is 8.48. The fourth-order valence-electron chi connectivity index (χ4n) is 3.37. The Kier molecular flexibility index (Phi) is 4.57. The molecule has 1 atom stereocenters. The molecule has 1 unspecified atom stereocenters. The average Bonchev–Trinajstić information content (AvgIpc) is 3.21. The minimum Gasteiger partial charge on any atom is -0.376 e. The van der Waals surface area contributed by atoms with E-state index in [0.29, 0.717) is 45.6 Å². The van der Waals surface area contributed by atoms with E-state index >= 15 is 0 Å². The summed E-state index contributed by atoms with van der Waals surface area (Å²) in [6.07, 6.45) is 3.33. The van der Waals surface area contributed by atoms with E-state index < -0.39 is 5.41 Å². The maximum Gasteiger partial charge on any atom is 0.238 e. The van der Waals surface area contributed by atoms with Crippen LogP contribution in [0.2, 0.25) is 0 Å². The molecule has 7 heteroatoms. The Hall–Kier alpha value is -1.63. The van der Waals surface area contributed by atoms with Crippen LogP contribution in [0.5, 0.6) is 0 Å². The Bertz CT molecular complexity index is 490. The zero-order valence-corrected chi connectivity index (χ0v) is 13.7. The van der Waals surface area contributed by atoms with E-state index in [-0.39, 0.29) is 23.8 Å². The molecule has 0 aromatic heterocycles. The molecule has 0 aromatic rings. The predicted octanol–water partition coefficient (Wildman–Crippen LogP) is -0.247. The molecule has 1 aliphatic carbocycles. The van der Waals surface area contributed by atoms with Gasteiger partial charge in [-0.2, -0.15) is 0 Å². The molecule has 3 amide bonds. The van der Waals surface area contributed by atoms with E-state index in [1.807, 2.05) is 0 Å². The zero-order valence-electron chi connectivity index (χ0n) is 13.7. The lowest BCUT2D eigenvalue weighted by molar-refractivity contribution is -0.147. The molecule has 2 saturated heterocycles. The summed E-state index contributed by atoms with van der Waals surface area (Å²) < 4.78 is 5.50. The Morgan fingerprint density at radius 2 is 1.78 bits per heavy atom. The quantitative estimate of drug-likeness (QED) is 0.724. The second kappa shape index (κ2) is 6.47. The number of hydrogen-bond donors (Lipinski definition) is 1. The van der Waals surface area contributed by atoms with Crippen molar-refractivity contribution in [2.75, 3.05) is 39.3 Å². The second-order valence-corrected chi connectivity index (χ2v) is 6.73. The summed E-state index contributed by atoms with van der Waals surface area (Å²) in [7, 11) is 0. The van der Waals surface area contributed by atoms with Gasteiger partial charge >= 0.3 is 0 Å². The van der Waals surface area contributed by atoms with Gasteiger partial charge in [0.1, 0.15) is 5.41 Å². The number of carbonyl (C=O) groups excluding carboxylic acids is 3. The van der Waals surface area contributed by atoms with Crippen molar-refractivity contribution in [1.29, 1.82) is 0 Å². The van der Waals surface area contributed by atoms with E-state index in [1.54, 1.807) is 16.7 Å². The lowest BCUT2D eigenvalue weighted by Gasteiger charge is -2.36. The molecule has 1 N–H and O–H groups in total. The number of rotatable bonds is 4. The van der Waals surface area contributed by atoms with E-state index in [9.17, 15) is 14.4 Å². The van der Waals surface area contributed by atoms with Gasteiger partial charge in [0.2, 0.25) is 17.7 Å². The molecule has 23 heavy (non-hydrogen) atoms. The van der Waals surface area contributed by atoms with E-state index in [0.717, 1.165) is 19.4 Å². The van der Waals surface area contributed by atoms with Gasteiger partial charge in [-0.25, -0.2) is 0 Å². The first-order valence-corrected chi connectivity index (χ1v) is 8.48. The molecule has 7 nitrogen and oxygen atoms in total. The summed E-state index contributed by atoms with van der Waals surface area (Å²) in [6.45, 7) is 4.91. The Morgan fingerprint density at radius 1 is 1.13 bits per heavy atom. The summed E-state index contributed by atoms with van der Waals surface area (Å²) >= 11 is 0. The highest BCUT2D eigenvalue weighted by atomic mass is 16.5. The summed E-state index contributed by atoms with van der Waals surface area (Å²) in [4.78, 5) is 40.0. The number of carbonyl (C=O) groups is 3. The second-order valence-electron chi connectivity index (χ2n) is 6.73. The first kappa shape index (κ1) is 16.2. The summed E-state index contributed by atoms with van der Waals surface area (Å²) in [5.74, 6) is -0.204. The van der Waals surface area contributed by atoms with Crippen molar-refractivity contribution in [3.8, 4) is 0 Å². The molecule has 0 bridgehead atoms. The topological polar surface area (TPSA) is 79.0 Å². The molecule has 2 heterocycles. The van der Waals surface area contributed by atoms with E-state index in [4.69, 9.17) is 4.74 Å². The number of piperazine rings is 1. The molecule has 1 saturated carbocycles. The minimum atomic E-state index is -0.864. The first-order chi connectivity index (χ1) is 11.0. The molecular weight excluding hydrogens is 298 g/mol. The smallest absolute Gasteiger partial charge is 0.238 e. The molecular formula is C16H25N3O4. The summed E-state index contributed by atoms with van der Waals surface area (Å²) in [5.41, 5.74) is -0.864. The van der Waals surface area contributed by atoms with Gasteiger partial charge in [-0.1, -0.05) is 0 Å². The molecule has 0 spiro atoms. The highest BCUT2D eigenvalue weighted by Crippen LogP contribution is 2.47. The standard InChI is InChI=1S/C16H25N3O4/c1-12(20)18-6-8-19(9-7-18)15(22)16(4-5-16)14(21)17-11-13-3-2-10-23-13/h13H,2-11H2,1H3,(H,17,21). The number of hydrogen-bond acceptors (Lipinski definition) is 4. The van der Waals surface area contributed by atoms with Crippen molar-refractivity contribution in [3.63, 3.8) is 0 Å². The van der Waals surface area contributed by atoms with Crippen LogP contribution in [0, 0.1) is 5.41 Å². The van der Waals surface area contributed by atoms with Gasteiger partial charge in [0, 0.05) is 46.3 Å². The van der Waals surface area contributed by atoms with Crippen molar-refractivity contribution in [2.45, 2.75) is 38.7 Å². The number of nitrogens with one attached hydrogen (secondary N) is 1. The van der Waals surface area contributed by atoms with Gasteiger partial charge in [0.25, 0.3) is 0 Å². The normalized spacial score (nSPS) is 26.0. The van der Waals surface area contributed by atoms with Crippen molar-refractivity contribution >= 4 is 17.7 Å². The van der Waals surface area contributed by atoms with Crippen LogP contribution in [-0.4, -0.2) is 73.0 Å². The van der Waals surface area contributed by atoms with Crippen molar-refractivity contribution in [2.24, 2.45) is 5.41 Å². The van der Waals surface area contributed by atoms with E-state index in [2.05, 4.69) is 5.32 Å². The maximum absolute atomic E-state index is 12.7. The van der Waals surface area contributed by atoms with E-state index in [1.165, 1.54) is 0 Å². The van der Waals surface area contributed by atoms with Gasteiger partial charge < -0.3 is 19.9 Å². The monoisotopic (exact) mass is 323 g/mol. The van der Waals surface area contributed by atoms with Crippen molar-refractivity contribution in [1.82, 2.24) is 15.1 Å². The Balaban J connectivity index is 1.52. The van der Waals surface area contributed by atoms with Gasteiger partial charge in [-0.15, -0.1) is 0 Å². The molecule has 3 rings (SSSR count). The molecule has 3 fully saturated rings. The fourth-order valence-corrected chi connectivity index (χ4v) is 3.37. The summed E-state index contributed by atoms with van der Waals surface area (Å²) in [5, 5.41) is 2.90. The van der Waals surface area contributed by atoms with Crippen molar-refractivity contribution in [3.05, 3.63) is 0 Å². The number of nitrogens with zero attached hydrogens (tertiary/aromatic N) is 2. The molecule has 128 valence electrons. The lowest BCUT2D eigenvalue weighted by Crippen LogP contribution is -2.54.